The van der Waals surface area contributed by atoms with Gasteiger partial charge in [0.25, 0.3) is 11.1 Å². The van der Waals surface area contributed by atoms with Gasteiger partial charge in [0.2, 0.25) is 5.91 Å². The molecule has 1 aromatic heterocycles. The van der Waals surface area contributed by atoms with E-state index in [1.54, 1.807) is 6.08 Å². The van der Waals surface area contributed by atoms with Crippen molar-refractivity contribution in [2.24, 2.45) is 5.41 Å². The Morgan fingerprint density at radius 2 is 2.16 bits per heavy atom. The van der Waals surface area contributed by atoms with Crippen LogP contribution in [0.4, 0.5) is 4.79 Å². The van der Waals surface area contributed by atoms with E-state index in [9.17, 15) is 19.6 Å². The third kappa shape index (κ3) is 3.62. The van der Waals surface area contributed by atoms with E-state index in [2.05, 4.69) is 11.4 Å². The van der Waals surface area contributed by atoms with Crippen LogP contribution in [0.1, 0.15) is 30.6 Å². The number of rotatable bonds is 5. The summed E-state index contributed by atoms with van der Waals surface area (Å²) in [5, 5.41) is 13.6. The number of hydrogen-bond acceptors (Lipinski definition) is 6. The Labute approximate surface area is 153 Å². The van der Waals surface area contributed by atoms with Gasteiger partial charge in [0.1, 0.15) is 5.41 Å². The second-order valence-electron chi connectivity index (χ2n) is 6.01. The molecule has 6 nitrogen and oxygen atoms in total. The number of thioether (sulfide) groups is 1. The van der Waals surface area contributed by atoms with Gasteiger partial charge in [0.05, 0.1) is 11.0 Å². The molecule has 3 rings (SSSR count). The summed E-state index contributed by atoms with van der Waals surface area (Å²) in [6, 6.07) is 5.89. The highest BCUT2D eigenvalue weighted by atomic mass is 32.2. The van der Waals surface area contributed by atoms with Gasteiger partial charge >= 0.3 is 0 Å². The zero-order valence-electron chi connectivity index (χ0n) is 13.5. The van der Waals surface area contributed by atoms with Gasteiger partial charge in [-0.3, -0.25) is 19.3 Å². The molecule has 1 aromatic rings. The van der Waals surface area contributed by atoms with Crippen molar-refractivity contribution < 1.29 is 14.4 Å². The fourth-order valence-electron chi connectivity index (χ4n) is 3.01. The van der Waals surface area contributed by atoms with E-state index >= 15 is 0 Å². The Morgan fingerprint density at radius 1 is 1.40 bits per heavy atom. The molecule has 0 bridgehead atoms. The van der Waals surface area contributed by atoms with Crippen LogP contribution in [0.3, 0.4) is 0 Å². The van der Waals surface area contributed by atoms with Crippen molar-refractivity contribution in [3.63, 3.8) is 0 Å². The van der Waals surface area contributed by atoms with Crippen LogP contribution >= 0.6 is 23.1 Å². The fourth-order valence-corrected chi connectivity index (χ4v) is 4.60. The van der Waals surface area contributed by atoms with Gasteiger partial charge in [-0.05, 0) is 42.1 Å². The average Bonchev–Trinajstić information content (AvgIpc) is 3.33. The average molecular weight is 375 g/mol. The minimum atomic E-state index is -0.946. The predicted molar refractivity (Wildman–Crippen MR) is 96.5 cm³/mol. The molecular weight excluding hydrogens is 358 g/mol. The highest BCUT2D eigenvalue weighted by Crippen LogP contribution is 2.37. The van der Waals surface area contributed by atoms with E-state index in [1.165, 1.54) is 11.3 Å². The second kappa shape index (κ2) is 7.42. The molecule has 0 aromatic carbocycles. The molecule has 130 valence electrons. The Balaban J connectivity index is 1.57. The molecule has 1 aliphatic carbocycles. The number of nitrogens with one attached hydrogen (secondary N) is 1. The summed E-state index contributed by atoms with van der Waals surface area (Å²) < 4.78 is 0. The highest BCUT2D eigenvalue weighted by Gasteiger charge is 2.41. The maximum absolute atomic E-state index is 12.3. The molecule has 0 radical (unpaired) electrons. The summed E-state index contributed by atoms with van der Waals surface area (Å²) in [6.07, 6.45) is 4.59. The minimum absolute atomic E-state index is 0.111. The Bertz CT molecular complexity index is 759. The molecule has 2 aliphatic rings. The van der Waals surface area contributed by atoms with Gasteiger partial charge in [-0.1, -0.05) is 18.9 Å². The van der Waals surface area contributed by atoms with Gasteiger partial charge in [0.15, 0.2) is 0 Å². The zero-order chi connectivity index (χ0) is 17.9. The van der Waals surface area contributed by atoms with Crippen LogP contribution in [0, 0.1) is 16.7 Å². The van der Waals surface area contributed by atoms with E-state index in [1.807, 2.05) is 17.5 Å². The first-order valence-corrected chi connectivity index (χ1v) is 9.74. The Kier molecular flexibility index (Phi) is 5.25. The summed E-state index contributed by atoms with van der Waals surface area (Å²) in [5.74, 6) is -0.637. The van der Waals surface area contributed by atoms with Crippen molar-refractivity contribution in [2.75, 3.05) is 13.1 Å². The van der Waals surface area contributed by atoms with E-state index in [0.717, 1.165) is 34.4 Å². The normalized spacial score (nSPS) is 20.9. The van der Waals surface area contributed by atoms with Crippen molar-refractivity contribution in [3.8, 4) is 6.07 Å². The first-order valence-electron chi connectivity index (χ1n) is 8.04. The van der Waals surface area contributed by atoms with Crippen molar-refractivity contribution in [3.05, 3.63) is 27.3 Å². The van der Waals surface area contributed by atoms with Gasteiger partial charge in [-0.25, -0.2) is 0 Å². The monoisotopic (exact) mass is 375 g/mol. The van der Waals surface area contributed by atoms with Crippen molar-refractivity contribution in [2.45, 2.75) is 25.7 Å². The summed E-state index contributed by atoms with van der Waals surface area (Å²) in [4.78, 5) is 39.1. The van der Waals surface area contributed by atoms with Gasteiger partial charge in [-0.2, -0.15) is 5.26 Å². The summed E-state index contributed by atoms with van der Waals surface area (Å²) >= 11 is 2.40. The van der Waals surface area contributed by atoms with Gasteiger partial charge in [0, 0.05) is 18.0 Å². The molecule has 25 heavy (non-hydrogen) atoms. The lowest BCUT2D eigenvalue weighted by atomic mass is 9.87. The molecule has 2 heterocycles. The number of nitrogens with zero attached hydrogens (tertiary/aromatic N) is 2. The predicted octanol–water partition coefficient (Wildman–Crippen LogP) is 2.98. The largest absolute Gasteiger partial charge is 0.353 e. The summed E-state index contributed by atoms with van der Waals surface area (Å²) in [7, 11) is 0. The summed E-state index contributed by atoms with van der Waals surface area (Å²) in [5.41, 5.74) is -0.946. The lowest BCUT2D eigenvalue weighted by Gasteiger charge is -2.20. The lowest BCUT2D eigenvalue weighted by Crippen LogP contribution is -2.43. The van der Waals surface area contributed by atoms with Gasteiger partial charge < -0.3 is 5.32 Å². The van der Waals surface area contributed by atoms with E-state index in [0.29, 0.717) is 17.7 Å². The Hall–Kier alpha value is -2.11. The van der Waals surface area contributed by atoms with Crippen LogP contribution in [0.15, 0.2) is 22.4 Å². The SMILES string of the molecule is N#CC1(C(=O)NCCN2C(=O)SC(=Cc3cccs3)C2=O)CCCC1. The molecule has 1 N–H and O–H groups in total. The highest BCUT2D eigenvalue weighted by molar-refractivity contribution is 8.18. The third-order valence-electron chi connectivity index (χ3n) is 4.42. The molecule has 2 fully saturated rings. The first-order chi connectivity index (χ1) is 12.1. The molecule has 1 saturated heterocycles. The smallest absolute Gasteiger partial charge is 0.293 e. The third-order valence-corrected chi connectivity index (χ3v) is 6.14. The maximum atomic E-state index is 12.3. The van der Waals surface area contributed by atoms with E-state index in [-0.39, 0.29) is 30.1 Å². The lowest BCUT2D eigenvalue weighted by molar-refractivity contribution is -0.128. The van der Waals surface area contributed by atoms with Crippen molar-refractivity contribution in [1.29, 1.82) is 5.26 Å². The van der Waals surface area contributed by atoms with Crippen LogP contribution < -0.4 is 5.32 Å². The number of imide groups is 1. The maximum Gasteiger partial charge on any atom is 0.293 e. The molecule has 0 spiro atoms. The first kappa shape index (κ1) is 17.7. The van der Waals surface area contributed by atoms with Crippen molar-refractivity contribution >= 4 is 46.2 Å². The number of carbonyl (C=O) groups excluding carboxylic acids is 3. The van der Waals surface area contributed by atoms with Crippen LogP contribution in [0.2, 0.25) is 0 Å². The molecule has 1 saturated carbocycles. The van der Waals surface area contributed by atoms with Crippen molar-refractivity contribution in [1.82, 2.24) is 10.2 Å². The van der Waals surface area contributed by atoms with Crippen LogP contribution in [-0.4, -0.2) is 35.0 Å². The van der Waals surface area contributed by atoms with Crippen LogP contribution in [-0.2, 0) is 9.59 Å². The molecule has 0 atom stereocenters. The number of amides is 3. The number of nitriles is 1. The quantitative estimate of drug-likeness (QED) is 0.799. The fraction of sp³-hybridized carbons (Fsp3) is 0.412. The Morgan fingerprint density at radius 3 is 2.80 bits per heavy atom. The standard InChI is InChI=1S/C17H17N3O3S2/c18-11-17(5-1-2-6-17)15(22)19-7-8-20-14(21)13(25-16(20)23)10-12-4-3-9-24-12/h3-4,9-10H,1-2,5-8H2,(H,19,22). The van der Waals surface area contributed by atoms with Crippen LogP contribution in [0.5, 0.6) is 0 Å². The van der Waals surface area contributed by atoms with Crippen LogP contribution in [0.25, 0.3) is 6.08 Å². The topological polar surface area (TPSA) is 90.3 Å². The van der Waals surface area contributed by atoms with Gasteiger partial charge in [-0.15, -0.1) is 11.3 Å². The zero-order valence-corrected chi connectivity index (χ0v) is 15.1. The molecule has 8 heteroatoms. The number of thiophene rings is 1. The number of hydrogen-bond donors (Lipinski definition) is 1. The molecule has 3 amide bonds. The molecular formula is C17H17N3O3S2. The number of carbonyl (C=O) groups is 3. The van der Waals surface area contributed by atoms with E-state index < -0.39 is 5.41 Å². The van der Waals surface area contributed by atoms with E-state index in [4.69, 9.17) is 0 Å². The molecule has 0 unspecified atom stereocenters. The molecule has 1 aliphatic heterocycles. The minimum Gasteiger partial charge on any atom is -0.353 e. The second-order valence-corrected chi connectivity index (χ2v) is 7.98. The summed E-state index contributed by atoms with van der Waals surface area (Å²) in [6.45, 7) is 0.270.